The number of carbonyl (C=O) groups is 1. The highest BCUT2D eigenvalue weighted by molar-refractivity contribution is 7.80. The number of carbonyl (C=O) groups excluding carboxylic acids is 1. The molecule has 0 amide bonds. The molecule has 0 unspecified atom stereocenters. The zero-order valence-electron chi connectivity index (χ0n) is 9.57. The Morgan fingerprint density at radius 1 is 1.06 bits per heavy atom. The van der Waals surface area contributed by atoms with E-state index in [1.807, 2.05) is 0 Å². The van der Waals surface area contributed by atoms with Crippen LogP contribution in [-0.2, 0) is 9.68 Å². The lowest BCUT2D eigenvalue weighted by Gasteiger charge is -2.22. The first-order valence-electron chi connectivity index (χ1n) is 4.68. The molecular formula is C9H14N4O3S2. The maximum absolute atomic E-state index is 11.4. The van der Waals surface area contributed by atoms with Gasteiger partial charge in [0.05, 0.1) is 13.1 Å². The molecule has 0 rings (SSSR count). The summed E-state index contributed by atoms with van der Waals surface area (Å²) in [5.74, 6) is 0. The van der Waals surface area contributed by atoms with E-state index in [9.17, 15) is 4.79 Å². The van der Waals surface area contributed by atoms with Crippen molar-refractivity contribution in [2.75, 3.05) is 13.1 Å². The minimum absolute atomic E-state index is 0.124. The maximum Gasteiger partial charge on any atom is 0.559 e. The fraction of sp³-hybridized carbons (Fsp3) is 0.222. The maximum atomic E-state index is 11.4. The highest BCUT2D eigenvalue weighted by atomic mass is 32.1. The Hall–Kier alpha value is -1.87. The summed E-state index contributed by atoms with van der Waals surface area (Å²) >= 11 is 9.32. The largest absolute Gasteiger partial charge is 0.559 e. The Bertz CT molecular complexity index is 330. The molecule has 0 bridgehead atoms. The number of nitrogens with two attached hydrogens (primary N) is 2. The van der Waals surface area contributed by atoms with Crippen LogP contribution in [0.4, 0.5) is 4.79 Å². The highest BCUT2D eigenvalue weighted by Crippen LogP contribution is 1.99. The summed E-state index contributed by atoms with van der Waals surface area (Å²) in [5, 5.41) is 1.57. The van der Waals surface area contributed by atoms with E-state index in [0.29, 0.717) is 0 Å². The number of thiocarbonyl (C=S) groups is 2. The van der Waals surface area contributed by atoms with E-state index in [0.717, 1.165) is 10.1 Å². The van der Waals surface area contributed by atoms with E-state index in [-0.39, 0.29) is 23.3 Å². The third-order valence-corrected chi connectivity index (χ3v) is 1.86. The van der Waals surface area contributed by atoms with Crippen molar-refractivity contribution in [3.8, 4) is 0 Å². The smallest absolute Gasteiger partial charge is 0.374 e. The van der Waals surface area contributed by atoms with Gasteiger partial charge in [-0.25, -0.2) is 0 Å². The number of hydroxylamine groups is 4. The second-order valence-corrected chi connectivity index (χ2v) is 3.65. The van der Waals surface area contributed by atoms with Gasteiger partial charge in [-0.2, -0.15) is 14.9 Å². The summed E-state index contributed by atoms with van der Waals surface area (Å²) in [4.78, 5) is 20.8. The molecule has 0 atom stereocenters. The molecule has 4 N–H and O–H groups in total. The normalized spacial score (nSPS) is 8.89. The van der Waals surface area contributed by atoms with Gasteiger partial charge in [-0.15, -0.1) is 13.2 Å². The second kappa shape index (κ2) is 8.25. The van der Waals surface area contributed by atoms with E-state index in [1.165, 1.54) is 12.2 Å². The van der Waals surface area contributed by atoms with Crippen LogP contribution in [0.25, 0.3) is 0 Å². The lowest BCUT2D eigenvalue weighted by molar-refractivity contribution is -0.126. The molecule has 0 saturated carbocycles. The van der Waals surface area contributed by atoms with Gasteiger partial charge in [0.1, 0.15) is 0 Å². The predicted octanol–water partition coefficient (Wildman–Crippen LogP) is 0.433. The fourth-order valence-electron chi connectivity index (χ4n) is 0.776. The van der Waals surface area contributed by atoms with Gasteiger partial charge in [-0.1, -0.05) is 12.2 Å². The summed E-state index contributed by atoms with van der Waals surface area (Å²) in [6.07, 6.45) is 1.81. The first kappa shape index (κ1) is 16.1. The van der Waals surface area contributed by atoms with E-state index < -0.39 is 6.16 Å². The standard InChI is InChI=1S/C9H14N4O3S2/c1-3-5-12(7(10)17)15-9(14)16-13(6-4-2)8(11)18/h3-4H,1-2,5-6H2,(H2,10,17)(H2,11,18). The van der Waals surface area contributed by atoms with Crippen LogP contribution in [-0.4, -0.2) is 39.6 Å². The van der Waals surface area contributed by atoms with Crippen molar-refractivity contribution >= 4 is 40.8 Å². The molecule has 0 heterocycles. The fourth-order valence-corrected chi connectivity index (χ4v) is 0.999. The molecule has 0 aliphatic heterocycles. The van der Waals surface area contributed by atoms with Gasteiger partial charge in [-0.3, -0.25) is 0 Å². The SMILES string of the molecule is C=CCN(OC(=O)ON(CC=C)C(N)=S)C(N)=S. The molecule has 0 aromatic heterocycles. The molecular weight excluding hydrogens is 276 g/mol. The minimum atomic E-state index is -1.08. The Labute approximate surface area is 115 Å². The lowest BCUT2D eigenvalue weighted by Crippen LogP contribution is -2.42. The number of rotatable bonds is 4. The van der Waals surface area contributed by atoms with Crippen molar-refractivity contribution < 1.29 is 14.5 Å². The van der Waals surface area contributed by atoms with Crippen LogP contribution in [0.15, 0.2) is 25.3 Å². The molecule has 0 saturated heterocycles. The first-order chi connectivity index (χ1) is 8.42. The third-order valence-electron chi connectivity index (χ3n) is 1.45. The van der Waals surface area contributed by atoms with Crippen molar-refractivity contribution in [2.45, 2.75) is 0 Å². The summed E-state index contributed by atoms with van der Waals surface area (Å²) < 4.78 is 0. The van der Waals surface area contributed by atoms with Crippen LogP contribution >= 0.6 is 24.4 Å². The summed E-state index contributed by atoms with van der Waals surface area (Å²) in [6.45, 7) is 7.16. The van der Waals surface area contributed by atoms with Gasteiger partial charge in [-0.05, 0) is 24.4 Å². The topological polar surface area (TPSA) is 94.0 Å². The molecule has 0 fully saturated rings. The molecule has 100 valence electrons. The van der Waals surface area contributed by atoms with E-state index >= 15 is 0 Å². The lowest BCUT2D eigenvalue weighted by atomic mass is 10.6. The number of nitrogens with zero attached hydrogens (tertiary/aromatic N) is 2. The summed E-state index contributed by atoms with van der Waals surface area (Å²) in [6, 6.07) is 0. The van der Waals surface area contributed by atoms with Crippen LogP contribution in [0.5, 0.6) is 0 Å². The van der Waals surface area contributed by atoms with Gasteiger partial charge >= 0.3 is 6.16 Å². The van der Waals surface area contributed by atoms with Crippen molar-refractivity contribution in [3.63, 3.8) is 0 Å². The van der Waals surface area contributed by atoms with Crippen LogP contribution in [0.1, 0.15) is 0 Å². The molecule has 18 heavy (non-hydrogen) atoms. The second-order valence-electron chi connectivity index (χ2n) is 2.81. The van der Waals surface area contributed by atoms with E-state index in [2.05, 4.69) is 37.6 Å². The van der Waals surface area contributed by atoms with Crippen molar-refractivity contribution in [2.24, 2.45) is 11.5 Å². The van der Waals surface area contributed by atoms with Crippen molar-refractivity contribution in [3.05, 3.63) is 25.3 Å². The van der Waals surface area contributed by atoms with Crippen LogP contribution in [0.2, 0.25) is 0 Å². The minimum Gasteiger partial charge on any atom is -0.374 e. The Morgan fingerprint density at radius 3 is 1.61 bits per heavy atom. The number of hydrogen-bond acceptors (Lipinski definition) is 5. The highest BCUT2D eigenvalue weighted by Gasteiger charge is 2.18. The third kappa shape index (κ3) is 6.01. The molecule has 0 aliphatic carbocycles. The van der Waals surface area contributed by atoms with Gasteiger partial charge < -0.3 is 21.1 Å². The zero-order chi connectivity index (χ0) is 14.1. The average Bonchev–Trinajstić information content (AvgIpc) is 2.27. The predicted molar refractivity (Wildman–Crippen MR) is 74.9 cm³/mol. The van der Waals surface area contributed by atoms with Crippen LogP contribution in [0, 0.1) is 0 Å². The molecule has 0 radical (unpaired) electrons. The monoisotopic (exact) mass is 290 g/mol. The zero-order valence-corrected chi connectivity index (χ0v) is 11.2. The number of hydrogen-bond donors (Lipinski definition) is 2. The van der Waals surface area contributed by atoms with Gasteiger partial charge in [0.25, 0.3) is 0 Å². The van der Waals surface area contributed by atoms with Crippen LogP contribution in [0.3, 0.4) is 0 Å². The van der Waals surface area contributed by atoms with Gasteiger partial charge in [0.2, 0.25) is 10.2 Å². The van der Waals surface area contributed by atoms with Gasteiger partial charge in [0, 0.05) is 0 Å². The molecule has 0 aromatic rings. The Kier molecular flexibility index (Phi) is 7.40. The molecule has 9 heteroatoms. The van der Waals surface area contributed by atoms with Crippen molar-refractivity contribution in [1.29, 1.82) is 0 Å². The van der Waals surface area contributed by atoms with Crippen molar-refractivity contribution in [1.82, 2.24) is 10.1 Å². The summed E-state index contributed by atoms with van der Waals surface area (Å²) in [7, 11) is 0. The Morgan fingerprint density at radius 2 is 1.39 bits per heavy atom. The molecule has 7 nitrogen and oxygen atoms in total. The first-order valence-corrected chi connectivity index (χ1v) is 5.49. The molecule has 0 aromatic carbocycles. The van der Waals surface area contributed by atoms with Gasteiger partial charge in [0.15, 0.2) is 0 Å². The van der Waals surface area contributed by atoms with Crippen LogP contribution < -0.4 is 11.5 Å². The average molecular weight is 290 g/mol. The Balaban J connectivity index is 4.45. The molecule has 0 aliphatic rings. The molecule has 0 spiro atoms. The van der Waals surface area contributed by atoms with E-state index in [1.54, 1.807) is 0 Å². The quantitative estimate of drug-likeness (QED) is 0.434. The summed E-state index contributed by atoms with van der Waals surface area (Å²) in [5.41, 5.74) is 10.6. The van der Waals surface area contributed by atoms with E-state index in [4.69, 9.17) is 21.1 Å².